The number of benzene rings is 2. The van der Waals surface area contributed by atoms with E-state index in [0.29, 0.717) is 13.0 Å². The molecule has 1 aliphatic rings. The summed E-state index contributed by atoms with van der Waals surface area (Å²) in [6, 6.07) is 16.1. The van der Waals surface area contributed by atoms with E-state index in [4.69, 9.17) is 0 Å². The zero-order chi connectivity index (χ0) is 23.5. The summed E-state index contributed by atoms with van der Waals surface area (Å²) in [4.78, 5) is 29.8. The Hall–Kier alpha value is -2.82. The van der Waals surface area contributed by atoms with Crippen LogP contribution in [-0.2, 0) is 16.1 Å². The van der Waals surface area contributed by atoms with Gasteiger partial charge in [0.2, 0.25) is 11.8 Å². The molecule has 0 aromatic heterocycles. The highest BCUT2D eigenvalue weighted by Gasteiger charge is 2.30. The van der Waals surface area contributed by atoms with Crippen molar-refractivity contribution < 1.29 is 9.59 Å². The number of carbonyl (C=O) groups excluding carboxylic acids is 2. The van der Waals surface area contributed by atoms with Crippen LogP contribution in [0.2, 0.25) is 0 Å². The molecule has 0 saturated heterocycles. The summed E-state index contributed by atoms with van der Waals surface area (Å²) in [6.07, 6.45) is 2.41. The van der Waals surface area contributed by atoms with Crippen LogP contribution in [0.1, 0.15) is 64.1 Å². The summed E-state index contributed by atoms with van der Waals surface area (Å²) in [6.45, 7) is 8.84. The molecule has 32 heavy (non-hydrogen) atoms. The Bertz CT molecular complexity index is 943. The fourth-order valence-corrected chi connectivity index (χ4v) is 3.91. The van der Waals surface area contributed by atoms with E-state index in [2.05, 4.69) is 50.0 Å². The van der Waals surface area contributed by atoms with Gasteiger partial charge in [0.1, 0.15) is 0 Å². The molecule has 1 aliphatic carbocycles. The Morgan fingerprint density at radius 1 is 1.06 bits per heavy atom. The fraction of sp³-hybridized carbons (Fsp3) is 0.481. The van der Waals surface area contributed by atoms with Gasteiger partial charge in [-0.25, -0.2) is 0 Å². The van der Waals surface area contributed by atoms with Gasteiger partial charge in [0.05, 0.1) is 6.04 Å². The number of nitrogens with one attached hydrogen (secondary N) is 1. The van der Waals surface area contributed by atoms with Crippen LogP contribution < -0.4 is 10.2 Å². The molecule has 2 aromatic rings. The van der Waals surface area contributed by atoms with Gasteiger partial charge in [-0.1, -0.05) is 51.1 Å². The van der Waals surface area contributed by atoms with Gasteiger partial charge in [-0.3, -0.25) is 9.59 Å². The molecule has 1 saturated carbocycles. The van der Waals surface area contributed by atoms with Crippen LogP contribution >= 0.6 is 0 Å². The number of hydrogen-bond donors (Lipinski definition) is 1. The topological polar surface area (TPSA) is 52.7 Å². The first-order valence-electron chi connectivity index (χ1n) is 11.5. The summed E-state index contributed by atoms with van der Waals surface area (Å²) in [5.41, 5.74) is 3.87. The molecule has 1 N–H and O–H groups in total. The van der Waals surface area contributed by atoms with Crippen LogP contribution in [0.3, 0.4) is 0 Å². The van der Waals surface area contributed by atoms with Gasteiger partial charge in [0.25, 0.3) is 0 Å². The summed E-state index contributed by atoms with van der Waals surface area (Å²) in [5, 5.41) is 3.05. The van der Waals surface area contributed by atoms with Gasteiger partial charge in [-0.05, 0) is 54.5 Å². The molecule has 0 radical (unpaired) electrons. The first kappa shape index (κ1) is 23.8. The van der Waals surface area contributed by atoms with Crippen LogP contribution in [0.15, 0.2) is 48.5 Å². The van der Waals surface area contributed by atoms with Crippen LogP contribution in [0.4, 0.5) is 11.4 Å². The van der Waals surface area contributed by atoms with Crippen molar-refractivity contribution in [2.75, 3.05) is 24.3 Å². The predicted octanol–water partition coefficient (Wildman–Crippen LogP) is 5.63. The van der Waals surface area contributed by atoms with Crippen molar-refractivity contribution in [2.24, 2.45) is 11.3 Å². The largest absolute Gasteiger partial charge is 0.377 e. The number of carbonyl (C=O) groups is 2. The molecule has 2 amide bonds. The number of hydrogen-bond acceptors (Lipinski definition) is 3. The van der Waals surface area contributed by atoms with E-state index in [9.17, 15) is 9.59 Å². The quantitative estimate of drug-likeness (QED) is 0.585. The monoisotopic (exact) mass is 435 g/mol. The lowest BCUT2D eigenvalue weighted by Crippen LogP contribution is -2.35. The molecular weight excluding hydrogens is 398 g/mol. The van der Waals surface area contributed by atoms with Crippen LogP contribution in [0.25, 0.3) is 0 Å². The highest BCUT2D eigenvalue weighted by atomic mass is 16.2. The molecule has 2 aromatic carbocycles. The zero-order valence-corrected chi connectivity index (χ0v) is 20.3. The second-order valence-electron chi connectivity index (χ2n) is 10.3. The first-order valence-corrected chi connectivity index (χ1v) is 11.5. The maximum Gasteiger partial charge on any atom is 0.227 e. The van der Waals surface area contributed by atoms with E-state index in [1.807, 2.05) is 55.4 Å². The molecular formula is C27H37N3O2. The minimum atomic E-state index is -0.101. The van der Waals surface area contributed by atoms with Crippen molar-refractivity contribution in [3.63, 3.8) is 0 Å². The van der Waals surface area contributed by atoms with Gasteiger partial charge >= 0.3 is 0 Å². The molecule has 0 aliphatic heterocycles. The van der Waals surface area contributed by atoms with Crippen molar-refractivity contribution in [1.29, 1.82) is 0 Å². The van der Waals surface area contributed by atoms with Crippen molar-refractivity contribution in [1.82, 2.24) is 4.90 Å². The van der Waals surface area contributed by atoms with E-state index in [0.717, 1.165) is 35.3 Å². The standard InChI is InChI=1S/C27H37N3O2/c1-19(20-10-8-7-9-11-20)30(25(31)17-27(2,3)4)18-22-16-23(14-15-24(22)29(5)6)28-26(32)21-12-13-21/h7-11,14-16,19,21H,12-13,17-18H2,1-6H3,(H,28,32)/t19-/m1/s1. The average molecular weight is 436 g/mol. The van der Waals surface area contributed by atoms with Gasteiger partial charge in [0, 0.05) is 44.4 Å². The van der Waals surface area contributed by atoms with E-state index in [1.165, 1.54) is 0 Å². The van der Waals surface area contributed by atoms with Crippen LogP contribution in [-0.4, -0.2) is 30.8 Å². The summed E-state index contributed by atoms with van der Waals surface area (Å²) in [5.74, 6) is 0.368. The first-order chi connectivity index (χ1) is 15.0. The van der Waals surface area contributed by atoms with Crippen molar-refractivity contribution in [3.8, 4) is 0 Å². The third kappa shape index (κ3) is 6.35. The highest BCUT2D eigenvalue weighted by Crippen LogP contribution is 2.33. The summed E-state index contributed by atoms with van der Waals surface area (Å²) in [7, 11) is 4.01. The van der Waals surface area contributed by atoms with Gasteiger partial charge < -0.3 is 15.1 Å². The fourth-order valence-electron chi connectivity index (χ4n) is 3.91. The summed E-state index contributed by atoms with van der Waals surface area (Å²) < 4.78 is 0. The Balaban J connectivity index is 1.93. The zero-order valence-electron chi connectivity index (χ0n) is 20.3. The molecule has 5 heteroatoms. The Kier molecular flexibility index (Phi) is 7.27. The number of rotatable bonds is 8. The average Bonchev–Trinajstić information content (AvgIpc) is 3.56. The molecule has 0 spiro atoms. The lowest BCUT2D eigenvalue weighted by molar-refractivity contribution is -0.136. The Morgan fingerprint density at radius 3 is 2.28 bits per heavy atom. The number of anilines is 2. The second kappa shape index (κ2) is 9.76. The lowest BCUT2D eigenvalue weighted by Gasteiger charge is -2.33. The minimum absolute atomic E-state index is 0.0641. The number of amides is 2. The maximum absolute atomic E-state index is 13.5. The third-order valence-electron chi connectivity index (χ3n) is 5.87. The normalized spacial score (nSPS) is 14.6. The molecule has 0 unspecified atom stereocenters. The van der Waals surface area contributed by atoms with E-state index in [-0.39, 0.29) is 29.2 Å². The third-order valence-corrected chi connectivity index (χ3v) is 5.87. The van der Waals surface area contributed by atoms with E-state index >= 15 is 0 Å². The molecule has 0 bridgehead atoms. The van der Waals surface area contributed by atoms with E-state index in [1.54, 1.807) is 0 Å². The smallest absolute Gasteiger partial charge is 0.227 e. The predicted molar refractivity (Wildman–Crippen MR) is 132 cm³/mol. The lowest BCUT2D eigenvalue weighted by atomic mass is 9.91. The molecule has 172 valence electrons. The van der Waals surface area contributed by atoms with Crippen LogP contribution in [0.5, 0.6) is 0 Å². The molecule has 3 rings (SSSR count). The highest BCUT2D eigenvalue weighted by molar-refractivity contribution is 5.94. The Labute approximate surface area is 192 Å². The van der Waals surface area contributed by atoms with Crippen molar-refractivity contribution in [3.05, 3.63) is 59.7 Å². The molecule has 1 fully saturated rings. The van der Waals surface area contributed by atoms with Gasteiger partial charge in [0.15, 0.2) is 0 Å². The van der Waals surface area contributed by atoms with Gasteiger partial charge in [-0.15, -0.1) is 0 Å². The van der Waals surface area contributed by atoms with Gasteiger partial charge in [-0.2, -0.15) is 0 Å². The summed E-state index contributed by atoms with van der Waals surface area (Å²) >= 11 is 0. The second-order valence-corrected chi connectivity index (χ2v) is 10.3. The van der Waals surface area contributed by atoms with Crippen LogP contribution in [0, 0.1) is 11.3 Å². The van der Waals surface area contributed by atoms with Crippen molar-refractivity contribution >= 4 is 23.2 Å². The molecule has 5 nitrogen and oxygen atoms in total. The Morgan fingerprint density at radius 2 is 1.72 bits per heavy atom. The SMILES string of the molecule is C[C@H](c1ccccc1)N(Cc1cc(NC(=O)C2CC2)ccc1N(C)C)C(=O)CC(C)(C)C. The van der Waals surface area contributed by atoms with Crippen molar-refractivity contribution in [2.45, 2.75) is 59.5 Å². The molecule has 0 heterocycles. The maximum atomic E-state index is 13.5. The van der Waals surface area contributed by atoms with E-state index < -0.39 is 0 Å². The minimum Gasteiger partial charge on any atom is -0.377 e. The number of nitrogens with zero attached hydrogens (tertiary/aromatic N) is 2. The molecule has 1 atom stereocenters.